The molecule has 22 heavy (non-hydrogen) atoms. The van der Waals surface area contributed by atoms with Crippen LogP contribution >= 0.6 is 0 Å². The normalized spacial score (nSPS) is 20.6. The van der Waals surface area contributed by atoms with Crippen LogP contribution in [0, 0.1) is 22.8 Å². The molecule has 0 bridgehead atoms. The zero-order valence-corrected chi connectivity index (χ0v) is 12.6. The van der Waals surface area contributed by atoms with Gasteiger partial charge in [-0.05, 0) is 44.5 Å². The molecule has 2 heterocycles. The van der Waals surface area contributed by atoms with Gasteiger partial charge in [-0.15, -0.1) is 0 Å². The summed E-state index contributed by atoms with van der Waals surface area (Å²) in [5, 5.41) is 18.0. The Kier molecular flexibility index (Phi) is 3.35. The van der Waals surface area contributed by atoms with Crippen LogP contribution in [0.5, 0.6) is 5.75 Å². The number of amidine groups is 1. The minimum absolute atomic E-state index is 0.448. The van der Waals surface area contributed by atoms with Crippen LogP contribution in [0.1, 0.15) is 37.8 Å². The van der Waals surface area contributed by atoms with Crippen molar-refractivity contribution < 1.29 is 4.74 Å². The molecule has 0 spiro atoms. The third kappa shape index (κ3) is 2.42. The molecule has 5 nitrogen and oxygen atoms in total. The van der Waals surface area contributed by atoms with Crippen LogP contribution in [0.4, 0.5) is 0 Å². The average molecular weight is 292 g/mol. The fourth-order valence-corrected chi connectivity index (χ4v) is 2.92. The number of nitriles is 2. The summed E-state index contributed by atoms with van der Waals surface area (Å²) in [4.78, 5) is 6.01. The van der Waals surface area contributed by atoms with Gasteiger partial charge in [0.25, 0.3) is 0 Å². The summed E-state index contributed by atoms with van der Waals surface area (Å²) in [7, 11) is 0. The first-order valence-corrected chi connectivity index (χ1v) is 7.24. The van der Waals surface area contributed by atoms with E-state index >= 15 is 0 Å². The van der Waals surface area contributed by atoms with Gasteiger partial charge in [0.05, 0.1) is 17.3 Å². The Labute approximate surface area is 129 Å². The van der Waals surface area contributed by atoms with Gasteiger partial charge in [-0.25, -0.2) is 0 Å². The van der Waals surface area contributed by atoms with Crippen LogP contribution in [-0.4, -0.2) is 22.9 Å². The third-order valence-corrected chi connectivity index (χ3v) is 3.81. The topological polar surface area (TPSA) is 72.4 Å². The molecule has 2 aliphatic rings. The summed E-state index contributed by atoms with van der Waals surface area (Å²) in [6, 6.07) is 7.58. The highest BCUT2D eigenvalue weighted by Gasteiger charge is 2.32. The van der Waals surface area contributed by atoms with Crippen molar-refractivity contribution in [3.05, 3.63) is 35.4 Å². The number of aliphatic imine (C=N–C) groups is 1. The Bertz CT molecular complexity index is 762. The molecule has 0 atom stereocenters. The SMILES string of the molecule is CC1(C)C=C(N2CCC/C2=N/C#N)c2cc(C#N)ccc2O1. The van der Waals surface area contributed by atoms with E-state index in [2.05, 4.69) is 16.0 Å². The molecule has 5 heteroatoms. The predicted molar refractivity (Wildman–Crippen MR) is 82.8 cm³/mol. The highest BCUT2D eigenvalue weighted by atomic mass is 16.5. The van der Waals surface area contributed by atoms with E-state index in [1.54, 1.807) is 6.07 Å². The molecule has 0 unspecified atom stereocenters. The van der Waals surface area contributed by atoms with Crippen LogP contribution in [-0.2, 0) is 0 Å². The fourth-order valence-electron chi connectivity index (χ4n) is 2.92. The van der Waals surface area contributed by atoms with E-state index in [1.807, 2.05) is 38.2 Å². The number of likely N-dealkylation sites (tertiary alicyclic amines) is 1. The number of nitrogens with zero attached hydrogens (tertiary/aromatic N) is 4. The van der Waals surface area contributed by atoms with Gasteiger partial charge < -0.3 is 9.64 Å². The second-order valence-electron chi connectivity index (χ2n) is 5.94. The van der Waals surface area contributed by atoms with Crippen molar-refractivity contribution in [1.29, 1.82) is 10.5 Å². The minimum Gasteiger partial charge on any atom is -0.483 e. The van der Waals surface area contributed by atoms with Gasteiger partial charge in [0.15, 0.2) is 0 Å². The molecule has 3 rings (SSSR count). The van der Waals surface area contributed by atoms with E-state index in [-0.39, 0.29) is 0 Å². The van der Waals surface area contributed by atoms with Crippen molar-refractivity contribution in [2.24, 2.45) is 4.99 Å². The van der Waals surface area contributed by atoms with Crippen molar-refractivity contribution in [1.82, 2.24) is 4.90 Å². The molecule has 1 aromatic carbocycles. The summed E-state index contributed by atoms with van der Waals surface area (Å²) in [6.07, 6.45) is 5.67. The van der Waals surface area contributed by atoms with Gasteiger partial charge in [0.2, 0.25) is 6.19 Å². The smallest absolute Gasteiger partial charge is 0.207 e. The zero-order chi connectivity index (χ0) is 15.7. The summed E-state index contributed by atoms with van der Waals surface area (Å²) in [6.45, 7) is 4.80. The van der Waals surface area contributed by atoms with Crippen LogP contribution in [0.3, 0.4) is 0 Å². The van der Waals surface area contributed by atoms with Crippen LogP contribution in [0.2, 0.25) is 0 Å². The van der Waals surface area contributed by atoms with Gasteiger partial charge in [-0.2, -0.15) is 15.5 Å². The summed E-state index contributed by atoms with van der Waals surface area (Å²) in [5.41, 5.74) is 1.99. The maximum atomic E-state index is 9.14. The lowest BCUT2D eigenvalue weighted by Gasteiger charge is -2.34. The highest BCUT2D eigenvalue weighted by Crippen LogP contribution is 2.39. The summed E-state index contributed by atoms with van der Waals surface area (Å²) < 4.78 is 5.99. The summed E-state index contributed by atoms with van der Waals surface area (Å²) >= 11 is 0. The lowest BCUT2D eigenvalue weighted by atomic mass is 9.97. The van der Waals surface area contributed by atoms with Gasteiger partial charge >= 0.3 is 0 Å². The molecule has 1 fully saturated rings. The molecule has 110 valence electrons. The van der Waals surface area contributed by atoms with Crippen molar-refractivity contribution in [2.75, 3.05) is 6.54 Å². The molecule has 1 saturated heterocycles. The van der Waals surface area contributed by atoms with Gasteiger partial charge in [0, 0.05) is 18.5 Å². The number of benzene rings is 1. The molecule has 0 amide bonds. The van der Waals surface area contributed by atoms with E-state index in [9.17, 15) is 0 Å². The van der Waals surface area contributed by atoms with Crippen molar-refractivity contribution in [3.63, 3.8) is 0 Å². The molecule has 0 aromatic heterocycles. The molecule has 0 radical (unpaired) electrons. The highest BCUT2D eigenvalue weighted by molar-refractivity contribution is 5.94. The number of fused-ring (bicyclic) bond motifs is 1. The van der Waals surface area contributed by atoms with E-state index in [1.165, 1.54) is 0 Å². The van der Waals surface area contributed by atoms with E-state index in [4.69, 9.17) is 15.3 Å². The Hall–Kier alpha value is -2.79. The Balaban J connectivity index is 2.14. The monoisotopic (exact) mass is 292 g/mol. The van der Waals surface area contributed by atoms with Crippen LogP contribution in [0.15, 0.2) is 29.3 Å². The third-order valence-electron chi connectivity index (χ3n) is 3.81. The van der Waals surface area contributed by atoms with E-state index in [0.717, 1.165) is 42.2 Å². The maximum Gasteiger partial charge on any atom is 0.207 e. The maximum absolute atomic E-state index is 9.14. The van der Waals surface area contributed by atoms with Crippen molar-refractivity contribution in [2.45, 2.75) is 32.3 Å². The Morgan fingerprint density at radius 2 is 2.14 bits per heavy atom. The van der Waals surface area contributed by atoms with Crippen molar-refractivity contribution >= 4 is 11.5 Å². The first-order chi connectivity index (χ1) is 10.5. The molecule has 0 saturated carbocycles. The second-order valence-corrected chi connectivity index (χ2v) is 5.94. The van der Waals surface area contributed by atoms with Gasteiger partial charge in [-0.3, -0.25) is 0 Å². The van der Waals surface area contributed by atoms with Crippen LogP contribution in [0.25, 0.3) is 5.70 Å². The number of hydrogen-bond donors (Lipinski definition) is 0. The number of ether oxygens (including phenoxy) is 1. The standard InChI is InChI=1S/C17H16N4O/c1-17(2)9-14(21-7-3-4-16(21)20-11-19)13-8-12(10-18)5-6-15(13)22-17/h5-6,8-9H,3-4,7H2,1-2H3/b20-16-. The largest absolute Gasteiger partial charge is 0.483 e. The van der Waals surface area contributed by atoms with Crippen LogP contribution < -0.4 is 4.74 Å². The second kappa shape index (κ2) is 5.20. The Morgan fingerprint density at radius 3 is 2.86 bits per heavy atom. The number of rotatable bonds is 1. The fraction of sp³-hybridized carbons (Fsp3) is 0.353. The molecule has 1 aromatic rings. The summed E-state index contributed by atoms with van der Waals surface area (Å²) in [5.74, 6) is 1.53. The predicted octanol–water partition coefficient (Wildman–Crippen LogP) is 3.05. The molecule has 0 aliphatic carbocycles. The first kappa shape index (κ1) is 14.2. The minimum atomic E-state index is -0.448. The molecular formula is C17H16N4O. The van der Waals surface area contributed by atoms with E-state index < -0.39 is 5.60 Å². The zero-order valence-electron chi connectivity index (χ0n) is 12.6. The lowest BCUT2D eigenvalue weighted by molar-refractivity contribution is 0.156. The Morgan fingerprint density at radius 1 is 1.32 bits per heavy atom. The number of hydrogen-bond acceptors (Lipinski definition) is 4. The molecular weight excluding hydrogens is 276 g/mol. The average Bonchev–Trinajstić information content (AvgIpc) is 2.93. The quantitative estimate of drug-likeness (QED) is 0.746. The van der Waals surface area contributed by atoms with E-state index in [0.29, 0.717) is 5.56 Å². The van der Waals surface area contributed by atoms with Gasteiger partial charge in [-0.1, -0.05) is 0 Å². The molecule has 0 N–H and O–H groups in total. The molecule has 2 aliphatic heterocycles. The van der Waals surface area contributed by atoms with Crippen molar-refractivity contribution in [3.8, 4) is 18.0 Å². The van der Waals surface area contributed by atoms with Gasteiger partial charge in [0.1, 0.15) is 17.2 Å². The lowest BCUT2D eigenvalue weighted by Crippen LogP contribution is -2.34. The first-order valence-electron chi connectivity index (χ1n) is 7.24.